The SMILES string of the molecule is Nc1ccc2c(c1)C(NCc1cccc(C(F)(F)F)c1)CCC2. The van der Waals surface area contributed by atoms with Crippen LogP contribution in [-0.2, 0) is 19.1 Å². The minimum atomic E-state index is -4.30. The van der Waals surface area contributed by atoms with Crippen LogP contribution in [0.4, 0.5) is 18.9 Å². The zero-order valence-corrected chi connectivity index (χ0v) is 12.7. The Labute approximate surface area is 133 Å². The van der Waals surface area contributed by atoms with Gasteiger partial charge < -0.3 is 11.1 Å². The fraction of sp³-hybridized carbons (Fsp3) is 0.333. The highest BCUT2D eigenvalue weighted by molar-refractivity contribution is 5.47. The van der Waals surface area contributed by atoms with Crippen molar-refractivity contribution in [1.29, 1.82) is 0 Å². The number of nitrogens with two attached hydrogens (primary N) is 1. The first kappa shape index (κ1) is 15.9. The van der Waals surface area contributed by atoms with Crippen molar-refractivity contribution in [1.82, 2.24) is 5.32 Å². The van der Waals surface area contributed by atoms with Crippen molar-refractivity contribution < 1.29 is 13.2 Å². The van der Waals surface area contributed by atoms with Crippen molar-refractivity contribution in [3.8, 4) is 0 Å². The van der Waals surface area contributed by atoms with Gasteiger partial charge in [0, 0.05) is 18.3 Å². The number of hydrogen-bond donors (Lipinski definition) is 2. The van der Waals surface area contributed by atoms with E-state index in [9.17, 15) is 13.2 Å². The largest absolute Gasteiger partial charge is 0.416 e. The Kier molecular flexibility index (Phi) is 4.31. The lowest BCUT2D eigenvalue weighted by Crippen LogP contribution is -2.25. The number of hydrogen-bond acceptors (Lipinski definition) is 2. The van der Waals surface area contributed by atoms with Crippen LogP contribution >= 0.6 is 0 Å². The van der Waals surface area contributed by atoms with Crippen LogP contribution in [0.25, 0.3) is 0 Å². The number of nitrogens with one attached hydrogen (secondary N) is 1. The zero-order valence-electron chi connectivity index (χ0n) is 12.7. The van der Waals surface area contributed by atoms with Crippen molar-refractivity contribution >= 4 is 5.69 Å². The van der Waals surface area contributed by atoms with Crippen LogP contribution in [0.5, 0.6) is 0 Å². The molecule has 5 heteroatoms. The summed E-state index contributed by atoms with van der Waals surface area (Å²) in [6.07, 6.45) is -1.24. The molecule has 0 heterocycles. The molecule has 0 bridgehead atoms. The Hall–Kier alpha value is -2.01. The molecule has 0 spiro atoms. The van der Waals surface area contributed by atoms with Gasteiger partial charge >= 0.3 is 6.18 Å². The fourth-order valence-corrected chi connectivity index (χ4v) is 3.13. The van der Waals surface area contributed by atoms with Gasteiger partial charge in [0.15, 0.2) is 0 Å². The molecular weight excluding hydrogens is 301 g/mol. The third-order valence-electron chi connectivity index (χ3n) is 4.29. The molecule has 2 aromatic carbocycles. The number of fused-ring (bicyclic) bond motifs is 1. The fourth-order valence-electron chi connectivity index (χ4n) is 3.13. The van der Waals surface area contributed by atoms with Crippen molar-refractivity contribution in [2.75, 3.05) is 5.73 Å². The molecule has 0 aliphatic heterocycles. The number of rotatable bonds is 3. The monoisotopic (exact) mass is 320 g/mol. The predicted molar refractivity (Wildman–Crippen MR) is 84.8 cm³/mol. The summed E-state index contributed by atoms with van der Waals surface area (Å²) in [6, 6.07) is 11.5. The summed E-state index contributed by atoms with van der Waals surface area (Å²) in [5, 5.41) is 3.38. The standard InChI is InChI=1S/C18H19F3N2/c19-18(20,21)14-5-1-3-12(9-14)11-23-17-6-2-4-13-7-8-15(22)10-16(13)17/h1,3,5,7-10,17,23H,2,4,6,11,22H2. The van der Waals surface area contributed by atoms with E-state index in [1.807, 2.05) is 18.2 Å². The van der Waals surface area contributed by atoms with Gasteiger partial charge in [-0.1, -0.05) is 24.3 Å². The molecule has 0 amide bonds. The van der Waals surface area contributed by atoms with E-state index >= 15 is 0 Å². The third kappa shape index (κ3) is 3.67. The topological polar surface area (TPSA) is 38.0 Å². The second-order valence-electron chi connectivity index (χ2n) is 5.98. The van der Waals surface area contributed by atoms with Gasteiger partial charge in [-0.2, -0.15) is 13.2 Å². The average Bonchev–Trinajstić information content (AvgIpc) is 2.52. The Balaban J connectivity index is 1.74. The van der Waals surface area contributed by atoms with E-state index in [-0.39, 0.29) is 6.04 Å². The summed E-state index contributed by atoms with van der Waals surface area (Å²) < 4.78 is 38.3. The maximum atomic E-state index is 12.8. The molecule has 0 fully saturated rings. The summed E-state index contributed by atoms with van der Waals surface area (Å²) in [6.45, 7) is 0.406. The minimum absolute atomic E-state index is 0.136. The van der Waals surface area contributed by atoms with E-state index in [4.69, 9.17) is 5.73 Å². The van der Waals surface area contributed by atoms with Gasteiger partial charge in [-0.25, -0.2) is 0 Å². The number of nitrogen functional groups attached to an aromatic ring is 1. The number of alkyl halides is 3. The Bertz CT molecular complexity index is 695. The van der Waals surface area contributed by atoms with Crippen LogP contribution in [0.3, 0.4) is 0 Å². The normalized spacial score (nSPS) is 17.8. The molecule has 0 radical (unpaired) electrons. The first-order valence-corrected chi connectivity index (χ1v) is 7.71. The van der Waals surface area contributed by atoms with E-state index in [0.29, 0.717) is 12.1 Å². The maximum absolute atomic E-state index is 12.8. The highest BCUT2D eigenvalue weighted by atomic mass is 19.4. The number of aryl methyl sites for hydroxylation is 1. The molecule has 0 aromatic heterocycles. The Morgan fingerprint density at radius 1 is 1.13 bits per heavy atom. The van der Waals surface area contributed by atoms with Crippen molar-refractivity contribution in [3.63, 3.8) is 0 Å². The molecule has 1 atom stereocenters. The molecule has 2 aromatic rings. The number of benzene rings is 2. The number of halogens is 3. The van der Waals surface area contributed by atoms with Crippen LogP contribution in [0.2, 0.25) is 0 Å². The highest BCUT2D eigenvalue weighted by Crippen LogP contribution is 2.32. The van der Waals surface area contributed by atoms with Gasteiger partial charge in [-0.05, 0) is 54.2 Å². The van der Waals surface area contributed by atoms with Crippen LogP contribution in [0, 0.1) is 0 Å². The highest BCUT2D eigenvalue weighted by Gasteiger charge is 2.30. The van der Waals surface area contributed by atoms with Crippen LogP contribution in [-0.4, -0.2) is 0 Å². The van der Waals surface area contributed by atoms with Gasteiger partial charge in [0.25, 0.3) is 0 Å². The van der Waals surface area contributed by atoms with Gasteiger partial charge in [-0.15, -0.1) is 0 Å². The smallest absolute Gasteiger partial charge is 0.399 e. The molecule has 3 rings (SSSR count). The third-order valence-corrected chi connectivity index (χ3v) is 4.29. The summed E-state index contributed by atoms with van der Waals surface area (Å²) >= 11 is 0. The van der Waals surface area contributed by atoms with E-state index in [2.05, 4.69) is 5.32 Å². The summed E-state index contributed by atoms with van der Waals surface area (Å²) in [5.41, 5.74) is 9.05. The molecule has 0 saturated heterocycles. The molecule has 0 saturated carbocycles. The van der Waals surface area contributed by atoms with E-state index in [1.165, 1.54) is 23.3 Å². The van der Waals surface area contributed by atoms with Crippen molar-refractivity contribution in [2.24, 2.45) is 0 Å². The Morgan fingerprint density at radius 3 is 2.74 bits per heavy atom. The van der Waals surface area contributed by atoms with Gasteiger partial charge in [0.2, 0.25) is 0 Å². The number of anilines is 1. The molecule has 3 N–H and O–H groups in total. The van der Waals surface area contributed by atoms with Crippen molar-refractivity contribution in [2.45, 2.75) is 38.0 Å². The van der Waals surface area contributed by atoms with Gasteiger partial charge in [-0.3, -0.25) is 0 Å². The van der Waals surface area contributed by atoms with Crippen LogP contribution < -0.4 is 11.1 Å². The lowest BCUT2D eigenvalue weighted by molar-refractivity contribution is -0.137. The first-order chi connectivity index (χ1) is 10.9. The van der Waals surface area contributed by atoms with Crippen LogP contribution in [0.15, 0.2) is 42.5 Å². The molecular formula is C18H19F3N2. The summed E-state index contributed by atoms with van der Waals surface area (Å²) in [5.74, 6) is 0. The second kappa shape index (κ2) is 6.24. The van der Waals surface area contributed by atoms with Crippen LogP contribution in [0.1, 0.15) is 41.1 Å². The van der Waals surface area contributed by atoms with E-state index < -0.39 is 11.7 Å². The molecule has 122 valence electrons. The average molecular weight is 320 g/mol. The lowest BCUT2D eigenvalue weighted by Gasteiger charge is -2.27. The van der Waals surface area contributed by atoms with Crippen molar-refractivity contribution in [3.05, 3.63) is 64.7 Å². The molecule has 1 aliphatic rings. The Morgan fingerprint density at radius 2 is 1.96 bits per heavy atom. The van der Waals surface area contributed by atoms with E-state index in [0.717, 1.165) is 31.0 Å². The second-order valence-corrected chi connectivity index (χ2v) is 5.98. The minimum Gasteiger partial charge on any atom is -0.399 e. The maximum Gasteiger partial charge on any atom is 0.416 e. The molecule has 1 aliphatic carbocycles. The molecule has 2 nitrogen and oxygen atoms in total. The molecule has 23 heavy (non-hydrogen) atoms. The lowest BCUT2D eigenvalue weighted by atomic mass is 9.87. The van der Waals surface area contributed by atoms with E-state index in [1.54, 1.807) is 6.07 Å². The first-order valence-electron chi connectivity index (χ1n) is 7.71. The molecule has 1 unspecified atom stereocenters. The summed E-state index contributed by atoms with van der Waals surface area (Å²) in [4.78, 5) is 0. The van der Waals surface area contributed by atoms with Gasteiger partial charge in [0.05, 0.1) is 5.56 Å². The quantitative estimate of drug-likeness (QED) is 0.820. The van der Waals surface area contributed by atoms with Gasteiger partial charge in [0.1, 0.15) is 0 Å². The zero-order chi connectivity index (χ0) is 16.4. The summed E-state index contributed by atoms with van der Waals surface area (Å²) in [7, 11) is 0. The predicted octanol–water partition coefficient (Wildman–Crippen LogP) is 4.45.